The van der Waals surface area contributed by atoms with E-state index < -0.39 is 0 Å². The van der Waals surface area contributed by atoms with Gasteiger partial charge in [-0.2, -0.15) is 0 Å². The molecule has 1 saturated heterocycles. The molecule has 0 saturated carbocycles. The van der Waals surface area contributed by atoms with Gasteiger partial charge < -0.3 is 16.0 Å². The summed E-state index contributed by atoms with van der Waals surface area (Å²) in [6, 6.07) is 4.96. The largest absolute Gasteiger partial charge is 0.399 e. The van der Waals surface area contributed by atoms with E-state index in [1.54, 1.807) is 18.2 Å². The van der Waals surface area contributed by atoms with Crippen molar-refractivity contribution in [3.05, 3.63) is 28.8 Å². The number of anilines is 1. The molecule has 0 spiro atoms. The molecule has 0 atom stereocenters. The fraction of sp³-hybridized carbons (Fsp3) is 0.500. The molecule has 0 unspecified atom stereocenters. The number of halogens is 1. The molecule has 0 radical (unpaired) electrons. The molecule has 5 heteroatoms. The van der Waals surface area contributed by atoms with Gasteiger partial charge in [0.1, 0.15) is 0 Å². The van der Waals surface area contributed by atoms with Gasteiger partial charge in [0.15, 0.2) is 0 Å². The van der Waals surface area contributed by atoms with E-state index in [0.29, 0.717) is 28.7 Å². The monoisotopic (exact) mass is 281 g/mol. The summed E-state index contributed by atoms with van der Waals surface area (Å²) in [5.41, 5.74) is 6.68. The van der Waals surface area contributed by atoms with E-state index in [0.717, 1.165) is 25.9 Å². The summed E-state index contributed by atoms with van der Waals surface area (Å²) in [6.45, 7) is 2.90. The van der Waals surface area contributed by atoms with Crippen molar-refractivity contribution in [3.63, 3.8) is 0 Å². The highest BCUT2D eigenvalue weighted by Gasteiger charge is 2.18. The highest BCUT2D eigenvalue weighted by molar-refractivity contribution is 6.34. The Morgan fingerprint density at radius 3 is 2.84 bits per heavy atom. The smallest absolute Gasteiger partial charge is 0.252 e. The lowest BCUT2D eigenvalue weighted by atomic mass is 9.97. The molecule has 4 nitrogen and oxygen atoms in total. The van der Waals surface area contributed by atoms with Crippen LogP contribution in [0.4, 0.5) is 5.69 Å². The van der Waals surface area contributed by atoms with Crippen LogP contribution in [0.15, 0.2) is 18.2 Å². The Morgan fingerprint density at radius 2 is 2.16 bits per heavy atom. The maximum atomic E-state index is 12.1. The van der Waals surface area contributed by atoms with Crippen LogP contribution < -0.4 is 11.1 Å². The lowest BCUT2D eigenvalue weighted by Crippen LogP contribution is -2.36. The van der Waals surface area contributed by atoms with E-state index in [9.17, 15) is 4.79 Å². The van der Waals surface area contributed by atoms with Gasteiger partial charge in [0.2, 0.25) is 0 Å². The minimum absolute atomic E-state index is 0.142. The number of rotatable bonds is 3. The third kappa shape index (κ3) is 3.85. The predicted octanol–water partition coefficient (Wildman–Crippen LogP) is 1.99. The Labute approximate surface area is 118 Å². The van der Waals surface area contributed by atoms with Crippen LogP contribution in [0.5, 0.6) is 0 Å². The van der Waals surface area contributed by atoms with Crippen molar-refractivity contribution in [1.29, 1.82) is 0 Å². The fourth-order valence-electron chi connectivity index (χ4n) is 2.32. The number of hydrogen-bond donors (Lipinski definition) is 2. The molecule has 1 aromatic carbocycles. The maximum absolute atomic E-state index is 12.1. The van der Waals surface area contributed by atoms with Crippen molar-refractivity contribution in [2.75, 3.05) is 32.4 Å². The zero-order valence-corrected chi connectivity index (χ0v) is 11.9. The first-order valence-corrected chi connectivity index (χ1v) is 6.96. The van der Waals surface area contributed by atoms with Gasteiger partial charge in [-0.1, -0.05) is 11.6 Å². The van der Waals surface area contributed by atoms with Gasteiger partial charge in [0.05, 0.1) is 10.6 Å². The number of piperidine rings is 1. The minimum Gasteiger partial charge on any atom is -0.399 e. The number of carbonyl (C=O) groups is 1. The molecule has 19 heavy (non-hydrogen) atoms. The Morgan fingerprint density at radius 1 is 1.47 bits per heavy atom. The third-order valence-electron chi connectivity index (χ3n) is 3.62. The summed E-state index contributed by atoms with van der Waals surface area (Å²) in [4.78, 5) is 14.4. The summed E-state index contributed by atoms with van der Waals surface area (Å²) >= 11 is 6.01. The Bertz CT molecular complexity index is 456. The summed E-state index contributed by atoms with van der Waals surface area (Å²) in [5, 5.41) is 3.39. The molecule has 104 valence electrons. The van der Waals surface area contributed by atoms with Crippen molar-refractivity contribution in [1.82, 2.24) is 10.2 Å². The van der Waals surface area contributed by atoms with Gasteiger partial charge in [-0.05, 0) is 57.1 Å². The molecule has 0 aliphatic carbocycles. The van der Waals surface area contributed by atoms with Crippen LogP contribution in [0.2, 0.25) is 5.02 Å². The van der Waals surface area contributed by atoms with Crippen molar-refractivity contribution in [3.8, 4) is 0 Å². The Kier molecular flexibility index (Phi) is 4.66. The lowest BCUT2D eigenvalue weighted by Gasteiger charge is -2.28. The SMILES string of the molecule is CN1CCC(CNC(=O)c2cc(N)ccc2Cl)CC1. The molecule has 0 bridgehead atoms. The highest BCUT2D eigenvalue weighted by atomic mass is 35.5. The fourth-order valence-corrected chi connectivity index (χ4v) is 2.52. The second-order valence-corrected chi connectivity index (χ2v) is 5.60. The Balaban J connectivity index is 1.89. The molecule has 1 heterocycles. The lowest BCUT2D eigenvalue weighted by molar-refractivity contribution is 0.0939. The molecule has 2 rings (SSSR count). The quantitative estimate of drug-likeness (QED) is 0.833. The summed E-state index contributed by atoms with van der Waals surface area (Å²) in [7, 11) is 2.13. The number of carbonyl (C=O) groups excluding carboxylic acids is 1. The van der Waals surface area contributed by atoms with Crippen molar-refractivity contribution in [2.45, 2.75) is 12.8 Å². The summed E-state index contributed by atoms with van der Waals surface area (Å²) < 4.78 is 0. The standard InChI is InChI=1S/C14H20ClN3O/c1-18-6-4-10(5-7-18)9-17-14(19)12-8-11(16)2-3-13(12)15/h2-3,8,10H,4-7,9,16H2,1H3,(H,17,19). The molecule has 0 aromatic heterocycles. The normalized spacial score (nSPS) is 17.4. The first-order chi connectivity index (χ1) is 9.06. The van der Waals surface area contributed by atoms with E-state index in [1.807, 2.05) is 0 Å². The number of amides is 1. The van der Waals surface area contributed by atoms with Crippen molar-refractivity contribution < 1.29 is 4.79 Å². The number of likely N-dealkylation sites (tertiary alicyclic amines) is 1. The van der Waals surface area contributed by atoms with Crippen LogP contribution in [0.1, 0.15) is 23.2 Å². The number of nitrogen functional groups attached to an aromatic ring is 1. The van der Waals surface area contributed by atoms with Gasteiger partial charge in [0.25, 0.3) is 5.91 Å². The first-order valence-electron chi connectivity index (χ1n) is 6.58. The molecular formula is C14H20ClN3O. The first kappa shape index (κ1) is 14.2. The van der Waals surface area contributed by atoms with Crippen LogP contribution in [0.3, 0.4) is 0 Å². The second kappa shape index (κ2) is 6.26. The molecule has 1 aliphatic rings. The third-order valence-corrected chi connectivity index (χ3v) is 3.95. The zero-order valence-electron chi connectivity index (χ0n) is 11.2. The van der Waals surface area contributed by atoms with Gasteiger partial charge in [0, 0.05) is 12.2 Å². The topological polar surface area (TPSA) is 58.4 Å². The van der Waals surface area contributed by atoms with E-state index in [1.165, 1.54) is 0 Å². The average molecular weight is 282 g/mol. The van der Waals surface area contributed by atoms with E-state index >= 15 is 0 Å². The number of nitrogens with zero attached hydrogens (tertiary/aromatic N) is 1. The van der Waals surface area contributed by atoms with E-state index in [4.69, 9.17) is 17.3 Å². The zero-order chi connectivity index (χ0) is 13.8. The summed E-state index contributed by atoms with van der Waals surface area (Å²) in [5.74, 6) is 0.413. The molecular weight excluding hydrogens is 262 g/mol. The second-order valence-electron chi connectivity index (χ2n) is 5.20. The van der Waals surface area contributed by atoms with E-state index in [2.05, 4.69) is 17.3 Å². The van der Waals surface area contributed by atoms with Crippen LogP contribution >= 0.6 is 11.6 Å². The average Bonchev–Trinajstić information content (AvgIpc) is 2.40. The number of nitrogens with one attached hydrogen (secondary N) is 1. The predicted molar refractivity (Wildman–Crippen MR) is 78.4 cm³/mol. The number of nitrogens with two attached hydrogens (primary N) is 1. The summed E-state index contributed by atoms with van der Waals surface area (Å²) in [6.07, 6.45) is 2.25. The van der Waals surface area contributed by atoms with Crippen molar-refractivity contribution >= 4 is 23.2 Å². The molecule has 1 amide bonds. The molecule has 3 N–H and O–H groups in total. The molecule has 1 aromatic rings. The minimum atomic E-state index is -0.142. The van der Waals surface area contributed by atoms with Crippen molar-refractivity contribution in [2.24, 2.45) is 5.92 Å². The number of benzene rings is 1. The van der Waals surface area contributed by atoms with E-state index in [-0.39, 0.29) is 5.91 Å². The molecule has 1 fully saturated rings. The van der Waals surface area contributed by atoms with Crippen LogP contribution in [0, 0.1) is 5.92 Å². The number of hydrogen-bond acceptors (Lipinski definition) is 3. The van der Waals surface area contributed by atoms with Crippen LogP contribution in [-0.4, -0.2) is 37.5 Å². The van der Waals surface area contributed by atoms with Crippen LogP contribution in [0.25, 0.3) is 0 Å². The van der Waals surface area contributed by atoms with Gasteiger partial charge in [-0.3, -0.25) is 4.79 Å². The molecule has 1 aliphatic heterocycles. The van der Waals surface area contributed by atoms with Gasteiger partial charge >= 0.3 is 0 Å². The van der Waals surface area contributed by atoms with Gasteiger partial charge in [-0.25, -0.2) is 0 Å². The van der Waals surface area contributed by atoms with Crippen LogP contribution in [-0.2, 0) is 0 Å². The Hall–Kier alpha value is -1.26. The van der Waals surface area contributed by atoms with Gasteiger partial charge in [-0.15, -0.1) is 0 Å². The maximum Gasteiger partial charge on any atom is 0.252 e. The highest BCUT2D eigenvalue weighted by Crippen LogP contribution is 2.19.